The van der Waals surface area contributed by atoms with E-state index < -0.39 is 40.8 Å². The number of aliphatic hydroxyl groups excluding tert-OH is 2. The van der Waals surface area contributed by atoms with Gasteiger partial charge in [0.15, 0.2) is 6.29 Å². The Bertz CT molecular complexity index is 351. The molecule has 10 nitrogen and oxygen atoms in total. The van der Waals surface area contributed by atoms with Gasteiger partial charge in [0, 0.05) is 6.42 Å². The Kier molecular flexibility index (Phi) is 4.84. The zero-order valence-electron chi connectivity index (χ0n) is 8.32. The molecule has 1 heterocycles. The molecule has 12 heteroatoms. The summed E-state index contributed by atoms with van der Waals surface area (Å²) < 4.78 is 34.0. The Balaban J connectivity index is 2.55. The first-order valence-electron chi connectivity index (χ1n) is 4.35. The Morgan fingerprint density at radius 2 is 1.88 bits per heavy atom. The molecule has 1 aliphatic heterocycles. The third-order valence-corrected chi connectivity index (χ3v) is 4.01. The van der Waals surface area contributed by atoms with Crippen molar-refractivity contribution in [2.24, 2.45) is 0 Å². The van der Waals surface area contributed by atoms with Crippen LogP contribution in [0.4, 0.5) is 0 Å². The first-order chi connectivity index (χ1) is 7.63. The first kappa shape index (κ1) is 15.2. The van der Waals surface area contributed by atoms with Crippen molar-refractivity contribution in [3.8, 4) is 0 Å². The Morgan fingerprint density at radius 3 is 2.29 bits per heavy atom. The molecular formula is C5H12O10P2. The summed E-state index contributed by atoms with van der Waals surface area (Å²) >= 11 is 0. The standard InChI is InChI=1S/C5H12O10P2/c6-2-4-3(7)1-5(13-4)14-17(11,12)15-16(8,9)10/h3-7H,1-2H2,(H,11,12)(H2,8,9,10)/t3-,4+,5?/m0/s1. The first-order valence-corrected chi connectivity index (χ1v) is 7.38. The number of ether oxygens (including phenoxy) is 1. The predicted octanol–water partition coefficient (Wildman–Crippen LogP) is -1.32. The molecule has 0 saturated carbocycles. The van der Waals surface area contributed by atoms with E-state index in [1.54, 1.807) is 0 Å². The van der Waals surface area contributed by atoms with Gasteiger partial charge in [0.05, 0.1) is 12.7 Å². The molecule has 4 atom stereocenters. The van der Waals surface area contributed by atoms with Crippen LogP contribution in [0.5, 0.6) is 0 Å². The minimum Gasteiger partial charge on any atom is -0.394 e. The molecule has 0 amide bonds. The molecule has 0 bridgehead atoms. The van der Waals surface area contributed by atoms with Crippen molar-refractivity contribution in [1.29, 1.82) is 0 Å². The van der Waals surface area contributed by atoms with Crippen LogP contribution in [-0.4, -0.2) is 50.0 Å². The molecule has 2 unspecified atom stereocenters. The monoisotopic (exact) mass is 294 g/mol. The lowest BCUT2D eigenvalue weighted by Crippen LogP contribution is -2.24. The van der Waals surface area contributed by atoms with Crippen molar-refractivity contribution in [3.63, 3.8) is 0 Å². The lowest BCUT2D eigenvalue weighted by atomic mass is 10.2. The summed E-state index contributed by atoms with van der Waals surface area (Å²) in [5.74, 6) is 0. The molecule has 1 fully saturated rings. The van der Waals surface area contributed by atoms with E-state index in [0.717, 1.165) is 0 Å². The van der Waals surface area contributed by atoms with Crippen molar-refractivity contribution in [2.45, 2.75) is 24.9 Å². The van der Waals surface area contributed by atoms with E-state index in [4.69, 9.17) is 24.5 Å². The van der Waals surface area contributed by atoms with Gasteiger partial charge >= 0.3 is 15.6 Å². The van der Waals surface area contributed by atoms with Crippen LogP contribution in [0.1, 0.15) is 6.42 Å². The fraction of sp³-hybridized carbons (Fsp3) is 1.00. The molecule has 17 heavy (non-hydrogen) atoms. The van der Waals surface area contributed by atoms with Gasteiger partial charge in [0.2, 0.25) is 0 Å². The molecule has 1 aliphatic rings. The van der Waals surface area contributed by atoms with Crippen molar-refractivity contribution in [3.05, 3.63) is 0 Å². The Hall–Kier alpha value is 0.140. The topological polar surface area (TPSA) is 163 Å². The van der Waals surface area contributed by atoms with Crippen LogP contribution in [0.2, 0.25) is 0 Å². The van der Waals surface area contributed by atoms with E-state index >= 15 is 0 Å². The van der Waals surface area contributed by atoms with Crippen molar-refractivity contribution >= 4 is 15.6 Å². The highest BCUT2D eigenvalue weighted by Gasteiger charge is 2.41. The van der Waals surface area contributed by atoms with Crippen molar-refractivity contribution < 1.29 is 47.6 Å². The average Bonchev–Trinajstić information content (AvgIpc) is 2.40. The molecule has 0 aromatic rings. The van der Waals surface area contributed by atoms with E-state index in [1.807, 2.05) is 0 Å². The molecule has 1 saturated heterocycles. The number of aliphatic hydroxyl groups is 2. The summed E-state index contributed by atoms with van der Waals surface area (Å²) in [6, 6.07) is 0. The number of hydrogen-bond acceptors (Lipinski definition) is 7. The molecule has 5 N–H and O–H groups in total. The summed E-state index contributed by atoms with van der Waals surface area (Å²) in [6.07, 6.45) is -3.74. The smallest absolute Gasteiger partial charge is 0.394 e. The predicted molar refractivity (Wildman–Crippen MR) is 50.4 cm³/mol. The summed E-state index contributed by atoms with van der Waals surface area (Å²) in [5, 5.41) is 18.0. The molecule has 0 aromatic carbocycles. The molecule has 1 rings (SSSR count). The summed E-state index contributed by atoms with van der Waals surface area (Å²) in [5.41, 5.74) is 0. The van der Waals surface area contributed by atoms with Gasteiger partial charge in [-0.2, -0.15) is 4.31 Å². The quantitative estimate of drug-likeness (QED) is 0.384. The van der Waals surface area contributed by atoms with Gasteiger partial charge in [0.25, 0.3) is 0 Å². The maximum atomic E-state index is 11.1. The van der Waals surface area contributed by atoms with Gasteiger partial charge in [-0.25, -0.2) is 9.13 Å². The number of phosphoric acid groups is 2. The van der Waals surface area contributed by atoms with Crippen LogP contribution < -0.4 is 0 Å². The highest BCUT2D eigenvalue weighted by atomic mass is 31.3. The van der Waals surface area contributed by atoms with Gasteiger partial charge in [-0.3, -0.25) is 4.52 Å². The second-order valence-electron chi connectivity index (χ2n) is 3.24. The number of hydrogen-bond donors (Lipinski definition) is 5. The Morgan fingerprint density at radius 1 is 1.29 bits per heavy atom. The highest BCUT2D eigenvalue weighted by Crippen LogP contribution is 2.58. The minimum atomic E-state index is -5.19. The fourth-order valence-corrected chi connectivity index (χ4v) is 2.89. The van der Waals surface area contributed by atoms with Crippen molar-refractivity contribution in [2.75, 3.05) is 6.61 Å². The Labute approximate surface area is 95.6 Å². The number of phosphoric ester groups is 1. The lowest BCUT2D eigenvalue weighted by Gasteiger charge is -2.16. The van der Waals surface area contributed by atoms with E-state index in [2.05, 4.69) is 8.83 Å². The molecule has 0 spiro atoms. The molecule has 0 aromatic heterocycles. The molecule has 0 radical (unpaired) electrons. The number of rotatable bonds is 5. The van der Waals surface area contributed by atoms with Crippen LogP contribution in [0, 0.1) is 0 Å². The summed E-state index contributed by atoms with van der Waals surface area (Å²) in [6.45, 7) is -0.532. The van der Waals surface area contributed by atoms with E-state index in [0.29, 0.717) is 0 Å². The second kappa shape index (κ2) is 5.41. The normalized spacial score (nSPS) is 33.6. The average molecular weight is 294 g/mol. The van der Waals surface area contributed by atoms with Gasteiger partial charge in [-0.05, 0) is 0 Å². The molecule has 102 valence electrons. The maximum Gasteiger partial charge on any atom is 0.483 e. The lowest BCUT2D eigenvalue weighted by molar-refractivity contribution is -0.102. The van der Waals surface area contributed by atoms with E-state index in [-0.39, 0.29) is 6.42 Å². The maximum absolute atomic E-state index is 11.1. The fourth-order valence-electron chi connectivity index (χ4n) is 1.22. The van der Waals surface area contributed by atoms with Crippen molar-refractivity contribution in [1.82, 2.24) is 0 Å². The second-order valence-corrected chi connectivity index (χ2v) is 6.02. The third-order valence-electron chi connectivity index (χ3n) is 1.83. The zero-order chi connectivity index (χ0) is 13.3. The molecule has 0 aliphatic carbocycles. The van der Waals surface area contributed by atoms with E-state index in [1.165, 1.54) is 0 Å². The van der Waals surface area contributed by atoms with Crippen LogP contribution in [0.15, 0.2) is 0 Å². The minimum absolute atomic E-state index is 0.236. The summed E-state index contributed by atoms with van der Waals surface area (Å²) in [7, 11) is -10.2. The zero-order valence-corrected chi connectivity index (χ0v) is 10.1. The highest BCUT2D eigenvalue weighted by molar-refractivity contribution is 7.60. The largest absolute Gasteiger partial charge is 0.483 e. The molecular weight excluding hydrogens is 282 g/mol. The third kappa shape index (κ3) is 5.11. The van der Waals surface area contributed by atoms with E-state index in [9.17, 15) is 14.2 Å². The van der Waals surface area contributed by atoms with Crippen LogP contribution in [0.25, 0.3) is 0 Å². The van der Waals surface area contributed by atoms with Gasteiger partial charge in [0.1, 0.15) is 6.10 Å². The SMILES string of the molecule is O=P(O)(O)OP(=O)(O)OC1C[C@H](O)[C@@H](CO)O1. The van der Waals surface area contributed by atoms with Crippen LogP contribution >= 0.6 is 15.6 Å². The van der Waals surface area contributed by atoms with Gasteiger partial charge in [-0.15, -0.1) is 0 Å². The van der Waals surface area contributed by atoms with Crippen LogP contribution in [0.3, 0.4) is 0 Å². The van der Waals surface area contributed by atoms with Gasteiger partial charge in [-0.1, -0.05) is 0 Å². The van der Waals surface area contributed by atoms with Crippen LogP contribution in [-0.2, 0) is 22.7 Å². The summed E-state index contributed by atoms with van der Waals surface area (Å²) in [4.78, 5) is 25.6. The van der Waals surface area contributed by atoms with Gasteiger partial charge < -0.3 is 29.6 Å².